The van der Waals surface area contributed by atoms with Crippen LogP contribution in [0.4, 0.5) is 0 Å². The first-order chi connectivity index (χ1) is 9.74. The first-order valence-electron chi connectivity index (χ1n) is 6.66. The SMILES string of the molecule is CC(=O)c1cccc(Cc2ccnc3ccccc23)c1. The summed E-state index contributed by atoms with van der Waals surface area (Å²) in [5.41, 5.74) is 4.15. The second-order valence-electron chi connectivity index (χ2n) is 4.92. The molecule has 0 saturated heterocycles. The summed E-state index contributed by atoms with van der Waals surface area (Å²) in [5.74, 6) is 0.103. The van der Waals surface area contributed by atoms with Crippen LogP contribution in [-0.4, -0.2) is 10.8 Å². The highest BCUT2D eigenvalue weighted by molar-refractivity contribution is 5.94. The lowest BCUT2D eigenvalue weighted by Gasteiger charge is -2.07. The largest absolute Gasteiger partial charge is 0.295 e. The molecule has 1 aromatic heterocycles. The average molecular weight is 261 g/mol. The average Bonchev–Trinajstić information content (AvgIpc) is 2.48. The summed E-state index contributed by atoms with van der Waals surface area (Å²) >= 11 is 0. The Hall–Kier alpha value is -2.48. The normalized spacial score (nSPS) is 10.7. The maximum atomic E-state index is 11.5. The summed E-state index contributed by atoms with van der Waals surface area (Å²) < 4.78 is 0. The Kier molecular flexibility index (Phi) is 3.30. The number of carbonyl (C=O) groups excluding carboxylic acids is 1. The highest BCUT2D eigenvalue weighted by Crippen LogP contribution is 2.20. The van der Waals surface area contributed by atoms with E-state index in [0.29, 0.717) is 0 Å². The van der Waals surface area contributed by atoms with Gasteiger partial charge in [-0.25, -0.2) is 0 Å². The van der Waals surface area contributed by atoms with Crippen LogP contribution in [0.3, 0.4) is 0 Å². The number of fused-ring (bicyclic) bond motifs is 1. The van der Waals surface area contributed by atoms with Crippen LogP contribution in [0.5, 0.6) is 0 Å². The van der Waals surface area contributed by atoms with Crippen molar-refractivity contribution < 1.29 is 4.79 Å². The van der Waals surface area contributed by atoms with Crippen molar-refractivity contribution in [2.24, 2.45) is 0 Å². The molecule has 2 aromatic carbocycles. The Balaban J connectivity index is 2.01. The van der Waals surface area contributed by atoms with Gasteiger partial charge in [-0.3, -0.25) is 9.78 Å². The summed E-state index contributed by atoms with van der Waals surface area (Å²) in [7, 11) is 0. The standard InChI is InChI=1S/C18H15NO/c1-13(20)15-6-4-5-14(11-15)12-16-9-10-19-18-8-3-2-7-17(16)18/h2-11H,12H2,1H3. The number of ketones is 1. The summed E-state index contributed by atoms with van der Waals surface area (Å²) in [5, 5.41) is 1.17. The molecule has 0 radical (unpaired) electrons. The van der Waals surface area contributed by atoms with E-state index in [1.54, 1.807) is 6.92 Å². The Bertz CT molecular complexity index is 772. The van der Waals surface area contributed by atoms with Gasteiger partial charge in [0.1, 0.15) is 0 Å². The molecule has 2 heteroatoms. The van der Waals surface area contributed by atoms with Gasteiger partial charge in [0.25, 0.3) is 0 Å². The first-order valence-corrected chi connectivity index (χ1v) is 6.66. The van der Waals surface area contributed by atoms with Crippen LogP contribution < -0.4 is 0 Å². The topological polar surface area (TPSA) is 30.0 Å². The van der Waals surface area contributed by atoms with Crippen LogP contribution >= 0.6 is 0 Å². The van der Waals surface area contributed by atoms with Gasteiger partial charge in [-0.15, -0.1) is 0 Å². The predicted octanol–water partition coefficient (Wildman–Crippen LogP) is 4.03. The second kappa shape index (κ2) is 5.25. The number of aromatic nitrogens is 1. The molecule has 0 bridgehead atoms. The van der Waals surface area contributed by atoms with Gasteiger partial charge < -0.3 is 0 Å². The first kappa shape index (κ1) is 12.5. The van der Waals surface area contributed by atoms with Gasteiger partial charge in [-0.2, -0.15) is 0 Å². The van der Waals surface area contributed by atoms with Crippen molar-refractivity contribution in [1.29, 1.82) is 0 Å². The fourth-order valence-corrected chi connectivity index (χ4v) is 2.43. The Labute approximate surface area is 118 Å². The Morgan fingerprint density at radius 1 is 1.05 bits per heavy atom. The van der Waals surface area contributed by atoms with Crippen LogP contribution in [0.15, 0.2) is 60.8 Å². The molecule has 3 aromatic rings. The van der Waals surface area contributed by atoms with E-state index in [1.807, 2.05) is 48.7 Å². The lowest BCUT2D eigenvalue weighted by atomic mass is 9.99. The van der Waals surface area contributed by atoms with Gasteiger partial charge in [-0.05, 0) is 42.7 Å². The van der Waals surface area contributed by atoms with Crippen molar-refractivity contribution in [1.82, 2.24) is 4.98 Å². The molecule has 0 N–H and O–H groups in total. The van der Waals surface area contributed by atoms with Gasteiger partial charge in [0.2, 0.25) is 0 Å². The monoisotopic (exact) mass is 261 g/mol. The minimum Gasteiger partial charge on any atom is -0.295 e. The second-order valence-corrected chi connectivity index (χ2v) is 4.92. The maximum absolute atomic E-state index is 11.5. The smallest absolute Gasteiger partial charge is 0.159 e. The molecule has 0 amide bonds. The third-order valence-corrected chi connectivity index (χ3v) is 3.47. The van der Waals surface area contributed by atoms with Crippen molar-refractivity contribution >= 4 is 16.7 Å². The van der Waals surface area contributed by atoms with Gasteiger partial charge in [0.05, 0.1) is 5.52 Å². The summed E-state index contributed by atoms with van der Waals surface area (Å²) in [6.45, 7) is 1.60. The van der Waals surface area contributed by atoms with E-state index in [4.69, 9.17) is 0 Å². The quantitative estimate of drug-likeness (QED) is 0.666. The molecule has 1 heterocycles. The molecule has 0 aliphatic carbocycles. The molecule has 0 saturated carbocycles. The molecule has 0 fully saturated rings. The van der Waals surface area contributed by atoms with Crippen LogP contribution in [0, 0.1) is 0 Å². The van der Waals surface area contributed by atoms with E-state index in [9.17, 15) is 4.79 Å². The van der Waals surface area contributed by atoms with E-state index in [1.165, 1.54) is 10.9 Å². The third kappa shape index (κ3) is 2.45. The third-order valence-electron chi connectivity index (χ3n) is 3.47. The molecule has 3 rings (SSSR count). The highest BCUT2D eigenvalue weighted by atomic mass is 16.1. The molecule has 0 unspecified atom stereocenters. The zero-order chi connectivity index (χ0) is 13.9. The van der Waals surface area contributed by atoms with Crippen LogP contribution in [0.2, 0.25) is 0 Å². The summed E-state index contributed by atoms with van der Waals surface area (Å²) in [6, 6.07) is 18.0. The number of pyridine rings is 1. The minimum absolute atomic E-state index is 0.103. The molecule has 20 heavy (non-hydrogen) atoms. The lowest BCUT2D eigenvalue weighted by molar-refractivity contribution is 0.101. The zero-order valence-electron chi connectivity index (χ0n) is 11.3. The van der Waals surface area contributed by atoms with Gasteiger partial charge in [0.15, 0.2) is 5.78 Å². The number of para-hydroxylation sites is 1. The molecule has 0 atom stereocenters. The van der Waals surface area contributed by atoms with E-state index in [-0.39, 0.29) is 5.78 Å². The van der Waals surface area contributed by atoms with E-state index in [0.717, 1.165) is 23.1 Å². The molecule has 2 nitrogen and oxygen atoms in total. The molecule has 0 aliphatic rings. The minimum atomic E-state index is 0.103. The number of hydrogen-bond donors (Lipinski definition) is 0. The molecular weight excluding hydrogens is 246 g/mol. The van der Waals surface area contributed by atoms with Crippen LogP contribution in [0.25, 0.3) is 10.9 Å². The van der Waals surface area contributed by atoms with Crippen molar-refractivity contribution in [3.8, 4) is 0 Å². The van der Waals surface area contributed by atoms with Gasteiger partial charge >= 0.3 is 0 Å². The Morgan fingerprint density at radius 2 is 1.90 bits per heavy atom. The van der Waals surface area contributed by atoms with Crippen molar-refractivity contribution in [3.05, 3.63) is 77.5 Å². The number of benzene rings is 2. The van der Waals surface area contributed by atoms with E-state index < -0.39 is 0 Å². The lowest BCUT2D eigenvalue weighted by Crippen LogP contribution is -1.96. The number of hydrogen-bond acceptors (Lipinski definition) is 2. The van der Waals surface area contributed by atoms with E-state index >= 15 is 0 Å². The number of Topliss-reactive ketones (excluding diaryl/α,β-unsaturated/α-hetero) is 1. The highest BCUT2D eigenvalue weighted by Gasteiger charge is 2.05. The fraction of sp³-hybridized carbons (Fsp3) is 0.111. The van der Waals surface area contributed by atoms with Crippen molar-refractivity contribution in [3.63, 3.8) is 0 Å². The van der Waals surface area contributed by atoms with E-state index in [2.05, 4.69) is 17.1 Å². The molecule has 0 aliphatic heterocycles. The molecular formula is C18H15NO. The molecule has 0 spiro atoms. The Morgan fingerprint density at radius 3 is 2.75 bits per heavy atom. The molecule has 98 valence electrons. The van der Waals surface area contributed by atoms with Gasteiger partial charge in [-0.1, -0.05) is 36.4 Å². The van der Waals surface area contributed by atoms with Gasteiger partial charge in [0, 0.05) is 17.1 Å². The van der Waals surface area contributed by atoms with Crippen molar-refractivity contribution in [2.75, 3.05) is 0 Å². The number of nitrogens with zero attached hydrogens (tertiary/aromatic N) is 1. The van der Waals surface area contributed by atoms with Crippen LogP contribution in [-0.2, 0) is 6.42 Å². The fourth-order valence-electron chi connectivity index (χ4n) is 2.43. The van der Waals surface area contributed by atoms with Crippen molar-refractivity contribution in [2.45, 2.75) is 13.3 Å². The summed E-state index contributed by atoms with van der Waals surface area (Å²) in [6.07, 6.45) is 2.65. The zero-order valence-corrected chi connectivity index (χ0v) is 11.3. The van der Waals surface area contributed by atoms with Crippen LogP contribution in [0.1, 0.15) is 28.4 Å². The number of carbonyl (C=O) groups is 1. The number of rotatable bonds is 3. The predicted molar refractivity (Wildman–Crippen MR) is 81.0 cm³/mol. The maximum Gasteiger partial charge on any atom is 0.159 e. The summed E-state index contributed by atoms with van der Waals surface area (Å²) in [4.78, 5) is 15.8.